The van der Waals surface area contributed by atoms with E-state index in [1.165, 1.54) is 24.3 Å². The first kappa shape index (κ1) is 20.2. The number of benzene rings is 2. The van der Waals surface area contributed by atoms with Crippen molar-refractivity contribution in [2.24, 2.45) is 0 Å². The molecule has 0 aliphatic rings. The highest BCUT2D eigenvalue weighted by atomic mass is 35.5. The van der Waals surface area contributed by atoms with Crippen LogP contribution in [0.3, 0.4) is 0 Å². The molecule has 0 radical (unpaired) electrons. The lowest BCUT2D eigenvalue weighted by molar-refractivity contribution is 0.0526. The van der Waals surface area contributed by atoms with Crippen LogP contribution in [0.1, 0.15) is 36.4 Å². The summed E-state index contributed by atoms with van der Waals surface area (Å²) < 4.78 is 38.7. The molecule has 0 bridgehead atoms. The van der Waals surface area contributed by atoms with Gasteiger partial charge >= 0.3 is 5.97 Å². The van der Waals surface area contributed by atoms with E-state index < -0.39 is 16.0 Å². The van der Waals surface area contributed by atoms with Crippen molar-refractivity contribution in [1.82, 2.24) is 0 Å². The van der Waals surface area contributed by atoms with Crippen LogP contribution in [0.2, 0.25) is 5.02 Å². The number of carbonyl (C=O) groups is 1. The van der Waals surface area contributed by atoms with Crippen molar-refractivity contribution in [1.29, 1.82) is 0 Å². The van der Waals surface area contributed by atoms with Crippen LogP contribution in [-0.4, -0.2) is 21.0 Å². The fourth-order valence-electron chi connectivity index (χ4n) is 2.87. The molecule has 1 aromatic heterocycles. The number of nitrogens with one attached hydrogen (secondary N) is 1. The summed E-state index contributed by atoms with van der Waals surface area (Å²) in [5.74, 6) is 0.0519. The highest BCUT2D eigenvalue weighted by Crippen LogP contribution is 2.31. The molecule has 0 aliphatic heterocycles. The predicted octanol–water partition coefficient (Wildman–Crippen LogP) is 5.02. The zero-order chi connectivity index (χ0) is 20.3. The largest absolute Gasteiger partial charge is 0.462 e. The normalized spacial score (nSPS) is 11.5. The number of furan rings is 1. The Kier molecular flexibility index (Phi) is 5.96. The third-order valence-electron chi connectivity index (χ3n) is 4.09. The SMILES string of the molecule is CCCc1oc2ccc(NS(=O)(=O)c3ccc(Cl)cc3)cc2c1C(=O)OCC. The molecule has 0 saturated carbocycles. The lowest BCUT2D eigenvalue weighted by Crippen LogP contribution is -2.12. The molecule has 1 heterocycles. The smallest absolute Gasteiger partial charge is 0.342 e. The van der Waals surface area contributed by atoms with E-state index in [9.17, 15) is 13.2 Å². The summed E-state index contributed by atoms with van der Waals surface area (Å²) in [5, 5.41) is 0.958. The molecule has 0 aliphatic carbocycles. The van der Waals surface area contributed by atoms with Gasteiger partial charge in [0.2, 0.25) is 0 Å². The fraction of sp³-hybridized carbons (Fsp3) is 0.250. The average Bonchev–Trinajstić information content (AvgIpc) is 2.99. The maximum Gasteiger partial charge on any atom is 0.342 e. The molecule has 1 N–H and O–H groups in total. The summed E-state index contributed by atoms with van der Waals surface area (Å²) in [4.78, 5) is 12.5. The van der Waals surface area contributed by atoms with E-state index in [-0.39, 0.29) is 11.5 Å². The molecule has 0 amide bonds. The van der Waals surface area contributed by atoms with Crippen molar-refractivity contribution in [2.75, 3.05) is 11.3 Å². The summed E-state index contributed by atoms with van der Waals surface area (Å²) in [6.45, 7) is 3.94. The maximum absolute atomic E-state index is 12.6. The Morgan fingerprint density at radius 3 is 2.50 bits per heavy atom. The zero-order valence-electron chi connectivity index (χ0n) is 15.5. The van der Waals surface area contributed by atoms with Crippen molar-refractivity contribution < 1.29 is 22.4 Å². The van der Waals surface area contributed by atoms with Crippen LogP contribution in [0.5, 0.6) is 0 Å². The van der Waals surface area contributed by atoms with Gasteiger partial charge in [0.25, 0.3) is 10.0 Å². The molecule has 3 rings (SSSR count). The van der Waals surface area contributed by atoms with E-state index in [0.29, 0.717) is 39.4 Å². The van der Waals surface area contributed by atoms with Gasteiger partial charge in [-0.25, -0.2) is 13.2 Å². The van der Waals surface area contributed by atoms with Gasteiger partial charge in [-0.05, 0) is 55.8 Å². The van der Waals surface area contributed by atoms with Gasteiger partial charge in [0, 0.05) is 22.5 Å². The van der Waals surface area contributed by atoms with Crippen LogP contribution >= 0.6 is 11.6 Å². The summed E-state index contributed by atoms with van der Waals surface area (Å²) in [6, 6.07) is 10.7. The molecule has 6 nitrogen and oxygen atoms in total. The molecule has 0 fully saturated rings. The number of hydrogen-bond acceptors (Lipinski definition) is 5. The molecular formula is C20H20ClNO5S. The molecular weight excluding hydrogens is 402 g/mol. The number of hydrogen-bond donors (Lipinski definition) is 1. The number of halogens is 1. The number of fused-ring (bicyclic) bond motifs is 1. The van der Waals surface area contributed by atoms with Gasteiger partial charge in [0.05, 0.1) is 11.5 Å². The number of anilines is 1. The highest BCUT2D eigenvalue weighted by Gasteiger charge is 2.22. The molecule has 28 heavy (non-hydrogen) atoms. The third-order valence-corrected chi connectivity index (χ3v) is 5.74. The Morgan fingerprint density at radius 2 is 1.86 bits per heavy atom. The van der Waals surface area contributed by atoms with Gasteiger partial charge < -0.3 is 9.15 Å². The molecule has 148 valence electrons. The minimum Gasteiger partial charge on any atom is -0.462 e. The van der Waals surface area contributed by atoms with Crippen LogP contribution in [0.4, 0.5) is 5.69 Å². The Labute approximate surface area is 168 Å². The van der Waals surface area contributed by atoms with Crippen LogP contribution in [0.15, 0.2) is 51.8 Å². The second kappa shape index (κ2) is 8.24. The van der Waals surface area contributed by atoms with Crippen molar-refractivity contribution in [3.05, 3.63) is 58.8 Å². The topological polar surface area (TPSA) is 85.6 Å². The second-order valence-corrected chi connectivity index (χ2v) is 8.26. The Morgan fingerprint density at radius 1 is 1.14 bits per heavy atom. The summed E-state index contributed by atoms with van der Waals surface area (Å²) in [5.41, 5.74) is 1.16. The van der Waals surface area contributed by atoms with Crippen LogP contribution in [0.25, 0.3) is 11.0 Å². The highest BCUT2D eigenvalue weighted by molar-refractivity contribution is 7.92. The van der Waals surface area contributed by atoms with E-state index >= 15 is 0 Å². The zero-order valence-corrected chi connectivity index (χ0v) is 17.1. The van der Waals surface area contributed by atoms with Crippen LogP contribution in [0, 0.1) is 0 Å². The average molecular weight is 422 g/mol. The molecule has 8 heteroatoms. The number of rotatable bonds is 7. The molecule has 0 saturated heterocycles. The van der Waals surface area contributed by atoms with E-state index in [4.69, 9.17) is 20.8 Å². The van der Waals surface area contributed by atoms with Gasteiger partial charge in [-0.1, -0.05) is 18.5 Å². The summed E-state index contributed by atoms with van der Waals surface area (Å²) in [6.07, 6.45) is 1.37. The predicted molar refractivity (Wildman–Crippen MR) is 108 cm³/mol. The van der Waals surface area contributed by atoms with Crippen molar-refractivity contribution in [3.8, 4) is 0 Å². The Balaban J connectivity index is 2.02. The number of sulfonamides is 1. The molecule has 0 atom stereocenters. The number of aryl methyl sites for hydroxylation is 1. The Hall–Kier alpha value is -2.51. The standard InChI is InChI=1S/C20H20ClNO5S/c1-3-5-18-19(20(23)26-4-2)16-12-14(8-11-17(16)27-18)22-28(24,25)15-9-6-13(21)7-10-15/h6-12,22H,3-5H2,1-2H3. The fourth-order valence-corrected chi connectivity index (χ4v) is 4.05. The molecule has 0 spiro atoms. The lowest BCUT2D eigenvalue weighted by atomic mass is 10.1. The third kappa shape index (κ3) is 4.15. The monoisotopic (exact) mass is 421 g/mol. The molecule has 3 aromatic rings. The molecule has 0 unspecified atom stereocenters. The van der Waals surface area contributed by atoms with Gasteiger partial charge in [-0.15, -0.1) is 0 Å². The van der Waals surface area contributed by atoms with Crippen LogP contribution < -0.4 is 4.72 Å². The summed E-state index contributed by atoms with van der Waals surface area (Å²) >= 11 is 5.82. The first-order chi connectivity index (χ1) is 13.4. The van der Waals surface area contributed by atoms with Gasteiger partial charge in [-0.2, -0.15) is 0 Å². The van der Waals surface area contributed by atoms with Crippen molar-refractivity contribution >= 4 is 44.3 Å². The van der Waals surface area contributed by atoms with Gasteiger partial charge in [0.15, 0.2) is 0 Å². The Bertz CT molecular complexity index is 1100. The van der Waals surface area contributed by atoms with E-state index in [1.54, 1.807) is 25.1 Å². The van der Waals surface area contributed by atoms with Gasteiger partial charge in [-0.3, -0.25) is 4.72 Å². The minimum atomic E-state index is -3.80. The quantitative estimate of drug-likeness (QED) is 0.541. The maximum atomic E-state index is 12.6. The van der Waals surface area contributed by atoms with E-state index in [1.807, 2.05) is 6.92 Å². The minimum absolute atomic E-state index is 0.0847. The first-order valence-electron chi connectivity index (χ1n) is 8.86. The summed E-state index contributed by atoms with van der Waals surface area (Å²) in [7, 11) is -3.80. The number of esters is 1. The number of carbonyl (C=O) groups excluding carboxylic acids is 1. The van der Waals surface area contributed by atoms with Gasteiger partial charge in [0.1, 0.15) is 16.9 Å². The van der Waals surface area contributed by atoms with Crippen LogP contribution in [-0.2, 0) is 21.2 Å². The van der Waals surface area contributed by atoms with E-state index in [0.717, 1.165) is 6.42 Å². The second-order valence-electron chi connectivity index (χ2n) is 6.14. The lowest BCUT2D eigenvalue weighted by Gasteiger charge is -2.08. The number of ether oxygens (including phenoxy) is 1. The van der Waals surface area contributed by atoms with E-state index in [2.05, 4.69) is 4.72 Å². The first-order valence-corrected chi connectivity index (χ1v) is 10.7. The molecule has 2 aromatic carbocycles. The van der Waals surface area contributed by atoms with Crippen molar-refractivity contribution in [2.45, 2.75) is 31.6 Å². The van der Waals surface area contributed by atoms with Crippen molar-refractivity contribution in [3.63, 3.8) is 0 Å².